The van der Waals surface area contributed by atoms with Gasteiger partial charge in [0.05, 0.1) is 43.1 Å². The minimum Gasteiger partial charge on any atom is -0.370 e. The molecule has 0 saturated carbocycles. The van der Waals surface area contributed by atoms with Crippen LogP contribution in [-0.4, -0.2) is 127 Å². The van der Waals surface area contributed by atoms with Crippen molar-refractivity contribution in [2.75, 3.05) is 67.5 Å². The first kappa shape index (κ1) is 44.1. The van der Waals surface area contributed by atoms with Crippen LogP contribution in [0.3, 0.4) is 0 Å². The Morgan fingerprint density at radius 3 is 2.51 bits per heavy atom. The fourth-order valence-electron chi connectivity index (χ4n) is 11.4. The molecule has 360 valence electrons. The van der Waals surface area contributed by atoms with Crippen molar-refractivity contribution in [3.05, 3.63) is 106 Å². The van der Waals surface area contributed by atoms with E-state index in [1.54, 1.807) is 63.7 Å². The highest BCUT2D eigenvalue weighted by Gasteiger charge is 2.54. The molecule has 12 rings (SSSR count). The van der Waals surface area contributed by atoms with E-state index in [1.165, 1.54) is 27.2 Å². The van der Waals surface area contributed by atoms with Gasteiger partial charge in [0.1, 0.15) is 5.82 Å². The Morgan fingerprint density at radius 1 is 0.943 bits per heavy atom. The van der Waals surface area contributed by atoms with Crippen LogP contribution in [0.15, 0.2) is 72.5 Å². The number of hydrogen-bond donors (Lipinski definition) is 2. The van der Waals surface area contributed by atoms with Gasteiger partial charge in [-0.25, -0.2) is 27.9 Å². The second-order valence-corrected chi connectivity index (χ2v) is 20.4. The summed E-state index contributed by atoms with van der Waals surface area (Å²) in [4.78, 5) is 82.7. The average Bonchev–Trinajstić information content (AvgIpc) is 4.16. The van der Waals surface area contributed by atoms with Crippen LogP contribution in [0.4, 0.5) is 34.6 Å². The van der Waals surface area contributed by atoms with Crippen LogP contribution in [0, 0.1) is 11.2 Å². The summed E-state index contributed by atoms with van der Waals surface area (Å²) in [5, 5.41) is 12.4. The van der Waals surface area contributed by atoms with Crippen LogP contribution < -0.4 is 20.4 Å². The fourth-order valence-corrected chi connectivity index (χ4v) is 11.9. The number of aromatic nitrogens is 5. The van der Waals surface area contributed by atoms with E-state index >= 15 is 13.2 Å². The number of nitrogens with zero attached hydrogens (tertiary/aromatic N) is 10. The van der Waals surface area contributed by atoms with Crippen LogP contribution in [0.5, 0.6) is 0 Å². The van der Waals surface area contributed by atoms with Gasteiger partial charge in [0.25, 0.3) is 17.7 Å². The number of nitrogens with one attached hydrogen (secondary N) is 2. The molecule has 9 heterocycles. The molecule has 1 unspecified atom stereocenters. The highest BCUT2D eigenvalue weighted by molar-refractivity contribution is 7.13. The van der Waals surface area contributed by atoms with E-state index in [0.29, 0.717) is 58.3 Å². The number of thiazole rings is 1. The number of imidazole rings is 1. The van der Waals surface area contributed by atoms with Crippen LogP contribution in [-0.2, 0) is 40.9 Å². The third kappa shape index (κ3) is 7.47. The zero-order valence-electron chi connectivity index (χ0n) is 38.0. The quantitative estimate of drug-likeness (QED) is 0.178. The van der Waals surface area contributed by atoms with Crippen molar-refractivity contribution >= 4 is 68.5 Å². The maximum absolute atomic E-state index is 16.0. The molecule has 21 heteroatoms. The van der Waals surface area contributed by atoms with E-state index in [2.05, 4.69) is 30.6 Å². The second-order valence-electron chi connectivity index (χ2n) is 19.5. The predicted molar refractivity (Wildman–Crippen MR) is 252 cm³/mol. The molecule has 0 aliphatic carbocycles. The maximum Gasteiger partial charge on any atom is 0.329 e. The Labute approximate surface area is 402 Å². The molecule has 6 aliphatic heterocycles. The number of anilines is 3. The van der Waals surface area contributed by atoms with Crippen molar-refractivity contribution in [3.63, 3.8) is 0 Å². The number of carbonyl (C=O) groups is 5. The molecule has 4 saturated heterocycles. The minimum absolute atomic E-state index is 0.0775. The topological polar surface area (TPSA) is 174 Å². The molecule has 2 N–H and O–H groups in total. The monoisotopic (exact) mass is 972 g/mol. The molecule has 1 spiro atoms. The lowest BCUT2D eigenvalue weighted by atomic mass is 9.72. The number of carbonyl (C=O) groups excluding carboxylic acids is 5. The first-order chi connectivity index (χ1) is 33.7. The molecule has 3 aromatic carbocycles. The third-order valence-corrected chi connectivity index (χ3v) is 15.6. The summed E-state index contributed by atoms with van der Waals surface area (Å²) in [6.45, 7) is 3.11. The summed E-state index contributed by atoms with van der Waals surface area (Å²) in [6.07, 6.45) is 5.19. The van der Waals surface area contributed by atoms with E-state index in [0.717, 1.165) is 49.4 Å². The molecule has 2 atom stereocenters. The number of halogens is 3. The van der Waals surface area contributed by atoms with E-state index in [4.69, 9.17) is 0 Å². The van der Waals surface area contributed by atoms with Crippen molar-refractivity contribution in [2.24, 2.45) is 12.5 Å². The number of aryl methyl sites for hydroxylation is 2. The zero-order valence-corrected chi connectivity index (χ0v) is 38.9. The summed E-state index contributed by atoms with van der Waals surface area (Å²) >= 11 is 1.26. The predicted octanol–water partition coefficient (Wildman–Crippen LogP) is 5.53. The number of imide groups is 1. The van der Waals surface area contributed by atoms with Gasteiger partial charge in [-0.3, -0.25) is 44.3 Å². The van der Waals surface area contributed by atoms with Gasteiger partial charge in [-0.1, -0.05) is 18.2 Å². The molecular weight excluding hydrogens is 926 g/mol. The number of benzene rings is 3. The van der Waals surface area contributed by atoms with Gasteiger partial charge in [0, 0.05) is 97.6 Å². The Balaban J connectivity index is 0.651. The van der Waals surface area contributed by atoms with Gasteiger partial charge in [-0.2, -0.15) is 5.10 Å². The molecule has 4 fully saturated rings. The summed E-state index contributed by atoms with van der Waals surface area (Å²) in [7, 11) is 1.69. The number of amides is 6. The smallest absolute Gasteiger partial charge is 0.329 e. The number of alkyl halides is 2. The van der Waals surface area contributed by atoms with E-state index < -0.39 is 48.1 Å². The van der Waals surface area contributed by atoms with Gasteiger partial charge in [-0.05, 0) is 78.9 Å². The van der Waals surface area contributed by atoms with Gasteiger partial charge >= 0.3 is 6.03 Å². The number of fused-ring (bicyclic) bond motifs is 3. The molecule has 6 aliphatic rings. The summed E-state index contributed by atoms with van der Waals surface area (Å²) in [6, 6.07) is 14.2. The Morgan fingerprint density at radius 2 is 1.76 bits per heavy atom. The van der Waals surface area contributed by atoms with Gasteiger partial charge in [0.15, 0.2) is 17.0 Å². The van der Waals surface area contributed by atoms with Gasteiger partial charge in [0.2, 0.25) is 11.8 Å². The lowest BCUT2D eigenvalue weighted by Crippen LogP contribution is -2.73. The van der Waals surface area contributed by atoms with Gasteiger partial charge < -0.3 is 19.3 Å². The van der Waals surface area contributed by atoms with E-state index in [1.807, 2.05) is 28.8 Å². The van der Waals surface area contributed by atoms with Crippen LogP contribution in [0.25, 0.3) is 22.0 Å². The average molecular weight is 973 g/mol. The number of hydrogen-bond acceptors (Lipinski definition) is 11. The molecule has 3 aromatic heterocycles. The van der Waals surface area contributed by atoms with Crippen molar-refractivity contribution in [3.8, 4) is 11.1 Å². The van der Waals surface area contributed by atoms with Crippen molar-refractivity contribution in [1.29, 1.82) is 0 Å². The van der Waals surface area contributed by atoms with E-state index in [-0.39, 0.29) is 60.8 Å². The maximum atomic E-state index is 16.0. The van der Waals surface area contributed by atoms with Gasteiger partial charge in [-0.15, -0.1) is 11.3 Å². The SMILES string of the molecule is Cn1nc(N2CCC(=O)NC2=O)c2ccc([C@@H]3CCN(CC(=O)N4CC5(C4)CN(c4ccc(-c6cc(F)c7c(c6)C(=O)N(C(C(=O)Nc6nccs6)c6ncn8c6CCC8)C7)cc4)C5)CC3(F)F)cc21. The fraction of sp³-hybridized carbons (Fsp3) is 0.388. The number of rotatable bonds is 10. The molecule has 0 radical (unpaired) electrons. The van der Waals surface area contributed by atoms with Crippen molar-refractivity contribution in [1.82, 2.24) is 44.3 Å². The van der Waals surface area contributed by atoms with Crippen LogP contribution in [0.1, 0.15) is 64.1 Å². The first-order valence-corrected chi connectivity index (χ1v) is 24.3. The second kappa shape index (κ2) is 16.5. The molecular formula is C49H47F3N12O5S. The molecule has 6 amide bonds. The molecule has 6 aromatic rings. The number of urea groups is 1. The highest BCUT2D eigenvalue weighted by atomic mass is 32.1. The number of piperidine rings is 1. The van der Waals surface area contributed by atoms with Crippen LogP contribution in [0.2, 0.25) is 0 Å². The molecule has 17 nitrogen and oxygen atoms in total. The summed E-state index contributed by atoms with van der Waals surface area (Å²) in [5.74, 6) is -5.77. The normalized spacial score (nSPS) is 20.9. The lowest BCUT2D eigenvalue weighted by molar-refractivity contribution is -0.149. The highest BCUT2D eigenvalue weighted by Crippen LogP contribution is 2.45. The Hall–Kier alpha value is -7.13. The summed E-state index contributed by atoms with van der Waals surface area (Å²) < 4.78 is 51.3. The lowest BCUT2D eigenvalue weighted by Gasteiger charge is -2.61. The number of likely N-dealkylation sites (tertiary alicyclic amines) is 2. The molecule has 0 bridgehead atoms. The summed E-state index contributed by atoms with van der Waals surface area (Å²) in [5.41, 5.74) is 5.01. The zero-order chi connectivity index (χ0) is 48.2. The standard InChI is InChI=1S/C49H47F3N12O5S/c1-58-38-19-29(6-9-32(38)43(57-58)63-15-11-39(65)55-47(63)69)35-10-14-59(26-49(35,51)52)21-40(66)62-24-48(25-62)22-61(23-48)31-7-4-28(5-8-31)30-17-33-34(36(50)18-30)20-64(45(33)68)42(44(67)56-46-53-12-16-70-46)41-37-3-2-13-60(37)27-54-41/h4-9,12,16-19,27,35,42H,2-3,10-11,13-15,20-26H2,1H3,(H,53,56,67)(H,55,65,69)/t35-,42?/m0/s1. The minimum atomic E-state index is -3.10. The van der Waals surface area contributed by atoms with Crippen LogP contribution >= 0.6 is 11.3 Å². The Bertz CT molecular complexity index is 3140. The van der Waals surface area contributed by atoms with Crippen molar-refractivity contribution < 1.29 is 37.1 Å². The molecule has 70 heavy (non-hydrogen) atoms. The first-order valence-electron chi connectivity index (χ1n) is 23.4. The van der Waals surface area contributed by atoms with E-state index in [9.17, 15) is 24.0 Å². The van der Waals surface area contributed by atoms with Crippen molar-refractivity contribution in [2.45, 2.75) is 56.7 Å². The third-order valence-electron chi connectivity index (χ3n) is 14.9. The Kier molecular flexibility index (Phi) is 10.4. The largest absolute Gasteiger partial charge is 0.370 e.